The topological polar surface area (TPSA) is 0 Å². The maximum atomic E-state index is 3.44. The smallest absolute Gasteiger partial charge is 0.0215 e. The van der Waals surface area contributed by atoms with E-state index in [1.807, 2.05) is 0 Å². The number of benzene rings is 1. The molecule has 9 heavy (non-hydrogen) atoms. The number of hydrogen-bond donors (Lipinski definition) is 0. The Hall–Kier alpha value is 0.430. The summed E-state index contributed by atoms with van der Waals surface area (Å²) in [5.41, 5.74) is 1.29. The van der Waals surface area contributed by atoms with Gasteiger partial charge in [-0.2, -0.15) is 0 Å². The lowest BCUT2D eigenvalue weighted by Crippen LogP contribution is -1.75. The van der Waals surface area contributed by atoms with Gasteiger partial charge in [0.15, 0.2) is 0 Å². The second-order valence-corrected chi connectivity index (χ2v) is 3.99. The van der Waals surface area contributed by atoms with Crippen molar-refractivity contribution in [1.82, 2.24) is 0 Å². The Morgan fingerprint density at radius 3 is 2.56 bits per heavy atom. The third kappa shape index (κ3) is 1.93. The van der Waals surface area contributed by atoms with Crippen LogP contribution in [-0.2, 0) is 0 Å². The summed E-state index contributed by atoms with van der Waals surface area (Å²) in [5.74, 6) is 0. The summed E-state index contributed by atoms with van der Waals surface area (Å²) >= 11 is 5.73. The van der Waals surface area contributed by atoms with Crippen molar-refractivity contribution >= 4 is 38.5 Å². The molecule has 48 valence electrons. The molecule has 0 unspecified atom stereocenters. The molecule has 0 atom stereocenters. The molecular weight excluding hydrogens is 291 g/mol. The van der Waals surface area contributed by atoms with Crippen molar-refractivity contribution in [3.8, 4) is 0 Å². The van der Waals surface area contributed by atoms with Gasteiger partial charge in [0.2, 0.25) is 0 Å². The van der Waals surface area contributed by atoms with E-state index in [-0.39, 0.29) is 0 Å². The lowest BCUT2D eigenvalue weighted by atomic mass is 10.2. The molecule has 1 aromatic carbocycles. The van der Waals surface area contributed by atoms with Gasteiger partial charge in [-0.1, -0.05) is 22.0 Å². The van der Waals surface area contributed by atoms with Gasteiger partial charge in [-0.05, 0) is 47.2 Å². The molecule has 0 fully saturated rings. The second-order valence-electron chi connectivity index (χ2n) is 1.89. The summed E-state index contributed by atoms with van der Waals surface area (Å²) in [4.78, 5) is 0. The normalized spacial score (nSPS) is 9.67. The lowest BCUT2D eigenvalue weighted by molar-refractivity contribution is 1.42. The third-order valence-electron chi connectivity index (χ3n) is 1.13. The molecule has 2 heteroatoms. The van der Waals surface area contributed by atoms with Crippen molar-refractivity contribution in [2.75, 3.05) is 0 Å². The van der Waals surface area contributed by atoms with Crippen LogP contribution in [-0.4, -0.2) is 0 Å². The number of hydrogen-bond acceptors (Lipinski definition) is 0. The highest BCUT2D eigenvalue weighted by atomic mass is 127. The van der Waals surface area contributed by atoms with Crippen LogP contribution in [0.25, 0.3) is 0 Å². The summed E-state index contributed by atoms with van der Waals surface area (Å²) in [6.45, 7) is 2.08. The molecule has 0 radical (unpaired) electrons. The Balaban J connectivity index is 3.17. The molecule has 0 nitrogen and oxygen atoms in total. The van der Waals surface area contributed by atoms with E-state index in [2.05, 4.69) is 63.6 Å². The van der Waals surface area contributed by atoms with Crippen molar-refractivity contribution < 1.29 is 0 Å². The van der Waals surface area contributed by atoms with Gasteiger partial charge in [-0.25, -0.2) is 0 Å². The van der Waals surface area contributed by atoms with Crippen LogP contribution >= 0.6 is 38.5 Å². The summed E-state index contributed by atoms with van der Waals surface area (Å²) in [6, 6.07) is 6.31. The van der Waals surface area contributed by atoms with E-state index in [9.17, 15) is 0 Å². The summed E-state index contributed by atoms with van der Waals surface area (Å²) in [7, 11) is 0. The minimum atomic E-state index is 1.19. The Labute approximate surface area is 76.9 Å². The van der Waals surface area contributed by atoms with E-state index in [4.69, 9.17) is 0 Å². The monoisotopic (exact) mass is 296 g/mol. The third-order valence-corrected chi connectivity index (χ3v) is 2.66. The quantitative estimate of drug-likeness (QED) is 0.644. The van der Waals surface area contributed by atoms with Crippen LogP contribution in [0.2, 0.25) is 0 Å². The molecular formula is C7H6BrI. The van der Waals surface area contributed by atoms with Crippen molar-refractivity contribution in [1.29, 1.82) is 0 Å². The Kier molecular flexibility index (Phi) is 2.52. The molecule has 0 saturated heterocycles. The van der Waals surface area contributed by atoms with Crippen LogP contribution < -0.4 is 0 Å². The van der Waals surface area contributed by atoms with E-state index >= 15 is 0 Å². The first-order chi connectivity index (χ1) is 4.20. The lowest BCUT2D eigenvalue weighted by Gasteiger charge is -1.95. The van der Waals surface area contributed by atoms with Crippen LogP contribution in [0.1, 0.15) is 5.56 Å². The second kappa shape index (κ2) is 3.01. The van der Waals surface area contributed by atoms with Gasteiger partial charge in [-0.3, -0.25) is 0 Å². The Bertz CT molecular complexity index is 220. The van der Waals surface area contributed by atoms with E-state index < -0.39 is 0 Å². The zero-order valence-electron chi connectivity index (χ0n) is 4.99. The largest absolute Gasteiger partial charge is 0.0571 e. The van der Waals surface area contributed by atoms with E-state index in [0.717, 1.165) is 0 Å². The van der Waals surface area contributed by atoms with Gasteiger partial charge < -0.3 is 0 Å². The van der Waals surface area contributed by atoms with Gasteiger partial charge in [0, 0.05) is 8.04 Å². The minimum Gasteiger partial charge on any atom is -0.0571 e. The first kappa shape index (κ1) is 7.54. The molecule has 0 aromatic heterocycles. The zero-order valence-corrected chi connectivity index (χ0v) is 8.73. The fourth-order valence-corrected chi connectivity index (χ4v) is 1.87. The van der Waals surface area contributed by atoms with Gasteiger partial charge in [0.05, 0.1) is 0 Å². The highest BCUT2D eigenvalue weighted by Gasteiger charge is 1.91. The van der Waals surface area contributed by atoms with E-state index in [1.165, 1.54) is 13.6 Å². The van der Waals surface area contributed by atoms with E-state index in [0.29, 0.717) is 0 Å². The number of aryl methyl sites for hydroxylation is 1. The molecule has 0 N–H and O–H groups in total. The predicted molar refractivity (Wildman–Crippen MR) is 51.6 cm³/mol. The molecule has 1 aromatic rings. The summed E-state index contributed by atoms with van der Waals surface area (Å²) < 4.78 is 2.46. The van der Waals surface area contributed by atoms with Crippen molar-refractivity contribution in [2.24, 2.45) is 0 Å². The van der Waals surface area contributed by atoms with Crippen LogP contribution in [0, 0.1) is 10.5 Å². The van der Waals surface area contributed by atoms with Gasteiger partial charge >= 0.3 is 0 Å². The Morgan fingerprint density at radius 2 is 2.11 bits per heavy atom. The van der Waals surface area contributed by atoms with Gasteiger partial charge in [-0.15, -0.1) is 0 Å². The molecule has 0 amide bonds. The summed E-state index contributed by atoms with van der Waals surface area (Å²) in [6.07, 6.45) is 0. The molecule has 1 rings (SSSR count). The molecule has 0 heterocycles. The highest BCUT2D eigenvalue weighted by molar-refractivity contribution is 14.1. The van der Waals surface area contributed by atoms with Crippen molar-refractivity contribution in [3.05, 3.63) is 31.8 Å². The summed E-state index contributed by atoms with van der Waals surface area (Å²) in [5, 5.41) is 0. The average Bonchev–Trinajstić information content (AvgIpc) is 1.80. The molecule has 0 saturated carbocycles. The fraction of sp³-hybridized carbons (Fsp3) is 0.143. The molecule has 0 spiro atoms. The van der Waals surface area contributed by atoms with Crippen LogP contribution in [0.4, 0.5) is 0 Å². The Morgan fingerprint density at radius 1 is 1.44 bits per heavy atom. The van der Waals surface area contributed by atoms with Gasteiger partial charge in [0.1, 0.15) is 0 Å². The maximum Gasteiger partial charge on any atom is 0.0215 e. The molecule has 0 aliphatic rings. The first-order valence-corrected chi connectivity index (χ1v) is 4.49. The maximum absolute atomic E-state index is 3.44. The fourth-order valence-electron chi connectivity index (χ4n) is 0.567. The number of rotatable bonds is 0. The minimum absolute atomic E-state index is 1.19. The van der Waals surface area contributed by atoms with Crippen LogP contribution in [0.3, 0.4) is 0 Å². The van der Waals surface area contributed by atoms with Gasteiger partial charge in [0.25, 0.3) is 0 Å². The van der Waals surface area contributed by atoms with E-state index in [1.54, 1.807) is 0 Å². The zero-order chi connectivity index (χ0) is 6.85. The predicted octanol–water partition coefficient (Wildman–Crippen LogP) is 3.36. The first-order valence-electron chi connectivity index (χ1n) is 2.62. The van der Waals surface area contributed by atoms with Crippen molar-refractivity contribution in [2.45, 2.75) is 6.92 Å². The molecule has 0 bridgehead atoms. The van der Waals surface area contributed by atoms with Crippen LogP contribution in [0.5, 0.6) is 0 Å². The van der Waals surface area contributed by atoms with Crippen molar-refractivity contribution in [3.63, 3.8) is 0 Å². The molecule has 0 aliphatic heterocycles. The molecule has 0 aliphatic carbocycles. The standard InChI is InChI=1S/C7H6BrI/c1-5-2-3-6(9)4-7(5)8/h2-4H,1H3. The van der Waals surface area contributed by atoms with Crippen LogP contribution in [0.15, 0.2) is 22.7 Å². The number of halogens is 2. The highest BCUT2D eigenvalue weighted by Crippen LogP contribution is 2.18. The average molecular weight is 297 g/mol. The SMILES string of the molecule is Cc1ccc(I)cc1Br.